The van der Waals surface area contributed by atoms with Crippen molar-refractivity contribution in [3.8, 4) is 6.01 Å². The molecule has 0 bridgehead atoms. The molecule has 0 aromatic carbocycles. The molecular weight excluding hydrogens is 142 g/mol. The van der Waals surface area contributed by atoms with E-state index in [0.717, 1.165) is 5.82 Å². The summed E-state index contributed by atoms with van der Waals surface area (Å²) in [6.07, 6.45) is 0. The molecule has 0 unspecified atom stereocenters. The van der Waals surface area contributed by atoms with Gasteiger partial charge in [-0.05, 0) is 0 Å². The predicted molar refractivity (Wildman–Crippen MR) is 41.6 cm³/mol. The molecule has 1 heterocycles. The van der Waals surface area contributed by atoms with Gasteiger partial charge < -0.3 is 4.74 Å². The fraction of sp³-hybridized carbons (Fsp3) is 0.714. The van der Waals surface area contributed by atoms with Crippen LogP contribution in [0.4, 0.5) is 0 Å². The molecule has 1 aromatic heterocycles. The summed E-state index contributed by atoms with van der Waals surface area (Å²) in [6, 6.07) is 0.398. The zero-order chi connectivity index (χ0) is 8.48. The van der Waals surface area contributed by atoms with Gasteiger partial charge in [0.15, 0.2) is 0 Å². The number of aromatic amines is 1. The van der Waals surface area contributed by atoms with Gasteiger partial charge in [0.2, 0.25) is 0 Å². The summed E-state index contributed by atoms with van der Waals surface area (Å²) in [7, 11) is 1.55. The van der Waals surface area contributed by atoms with Gasteiger partial charge in [0.25, 0.3) is 0 Å². The van der Waals surface area contributed by atoms with Gasteiger partial charge in [-0.15, -0.1) is 5.10 Å². The first-order valence-corrected chi connectivity index (χ1v) is 3.51. The SMILES string of the molecule is COc1n[nH]c(C(C)(C)C)n1. The lowest BCUT2D eigenvalue weighted by molar-refractivity contribution is 0.380. The molecule has 0 aliphatic rings. The Morgan fingerprint density at radius 3 is 2.27 bits per heavy atom. The van der Waals surface area contributed by atoms with Crippen LogP contribution in [0.1, 0.15) is 26.6 Å². The third-order valence-corrected chi connectivity index (χ3v) is 1.36. The molecule has 0 atom stereocenters. The van der Waals surface area contributed by atoms with Crippen LogP contribution < -0.4 is 4.74 Å². The molecule has 0 saturated heterocycles. The van der Waals surface area contributed by atoms with E-state index in [-0.39, 0.29) is 5.41 Å². The van der Waals surface area contributed by atoms with Crippen molar-refractivity contribution in [3.05, 3.63) is 5.82 Å². The van der Waals surface area contributed by atoms with E-state index >= 15 is 0 Å². The molecule has 0 aliphatic carbocycles. The first kappa shape index (κ1) is 8.04. The predicted octanol–water partition coefficient (Wildman–Crippen LogP) is 1.11. The summed E-state index contributed by atoms with van der Waals surface area (Å²) in [6.45, 7) is 6.19. The molecule has 0 spiro atoms. The zero-order valence-corrected chi connectivity index (χ0v) is 7.30. The van der Waals surface area contributed by atoms with Gasteiger partial charge in [-0.2, -0.15) is 4.98 Å². The van der Waals surface area contributed by atoms with Crippen LogP contribution in [-0.2, 0) is 5.41 Å². The van der Waals surface area contributed by atoms with Crippen molar-refractivity contribution in [3.63, 3.8) is 0 Å². The summed E-state index contributed by atoms with van der Waals surface area (Å²) in [5.41, 5.74) is 0.00375. The van der Waals surface area contributed by atoms with E-state index < -0.39 is 0 Å². The first-order chi connectivity index (χ1) is 5.04. The summed E-state index contributed by atoms with van der Waals surface area (Å²) in [5, 5.41) is 6.65. The van der Waals surface area contributed by atoms with E-state index in [4.69, 9.17) is 4.74 Å². The minimum atomic E-state index is 0.00375. The van der Waals surface area contributed by atoms with Gasteiger partial charge in [0.1, 0.15) is 5.82 Å². The monoisotopic (exact) mass is 155 g/mol. The van der Waals surface area contributed by atoms with E-state index in [1.54, 1.807) is 7.11 Å². The number of ether oxygens (including phenoxy) is 1. The summed E-state index contributed by atoms with van der Waals surface area (Å²) < 4.78 is 4.84. The van der Waals surface area contributed by atoms with Crippen LogP contribution in [0.2, 0.25) is 0 Å². The van der Waals surface area contributed by atoms with Gasteiger partial charge >= 0.3 is 6.01 Å². The quantitative estimate of drug-likeness (QED) is 0.661. The largest absolute Gasteiger partial charge is 0.466 e. The van der Waals surface area contributed by atoms with Crippen molar-refractivity contribution in [2.75, 3.05) is 7.11 Å². The number of nitrogens with one attached hydrogen (secondary N) is 1. The maximum absolute atomic E-state index is 4.84. The highest BCUT2D eigenvalue weighted by Gasteiger charge is 2.18. The minimum Gasteiger partial charge on any atom is -0.466 e. The molecule has 1 N–H and O–H groups in total. The maximum Gasteiger partial charge on any atom is 0.335 e. The maximum atomic E-state index is 4.84. The third kappa shape index (κ3) is 1.69. The molecule has 1 rings (SSSR count). The Hall–Kier alpha value is -1.06. The van der Waals surface area contributed by atoms with Gasteiger partial charge in [-0.25, -0.2) is 0 Å². The Kier molecular flexibility index (Phi) is 1.85. The highest BCUT2D eigenvalue weighted by molar-refractivity contribution is 5.04. The summed E-state index contributed by atoms with van der Waals surface area (Å²) in [4.78, 5) is 4.11. The summed E-state index contributed by atoms with van der Waals surface area (Å²) >= 11 is 0. The lowest BCUT2D eigenvalue weighted by atomic mass is 9.96. The van der Waals surface area contributed by atoms with Crippen molar-refractivity contribution >= 4 is 0 Å². The Morgan fingerprint density at radius 2 is 2.00 bits per heavy atom. The number of hydrogen-bond acceptors (Lipinski definition) is 3. The van der Waals surface area contributed by atoms with E-state index in [9.17, 15) is 0 Å². The van der Waals surface area contributed by atoms with Crippen LogP contribution in [0.3, 0.4) is 0 Å². The highest BCUT2D eigenvalue weighted by atomic mass is 16.5. The number of nitrogens with zero attached hydrogens (tertiary/aromatic N) is 2. The third-order valence-electron chi connectivity index (χ3n) is 1.36. The van der Waals surface area contributed by atoms with Gasteiger partial charge in [0, 0.05) is 5.41 Å². The topological polar surface area (TPSA) is 50.8 Å². The number of methoxy groups -OCH3 is 1. The second kappa shape index (κ2) is 2.53. The van der Waals surface area contributed by atoms with E-state index in [2.05, 4.69) is 36.0 Å². The Balaban J connectivity index is 2.89. The fourth-order valence-electron chi connectivity index (χ4n) is 0.673. The van der Waals surface area contributed by atoms with E-state index in [1.807, 2.05) is 0 Å². The Labute approximate surface area is 66.0 Å². The van der Waals surface area contributed by atoms with Gasteiger partial charge in [-0.3, -0.25) is 5.10 Å². The van der Waals surface area contributed by atoms with Crippen LogP contribution in [-0.4, -0.2) is 22.3 Å². The molecule has 4 heteroatoms. The van der Waals surface area contributed by atoms with Crippen molar-refractivity contribution in [2.45, 2.75) is 26.2 Å². The molecule has 4 nitrogen and oxygen atoms in total. The number of H-pyrrole nitrogens is 1. The number of rotatable bonds is 1. The molecule has 11 heavy (non-hydrogen) atoms. The van der Waals surface area contributed by atoms with Gasteiger partial charge in [0.05, 0.1) is 7.11 Å². The lowest BCUT2D eigenvalue weighted by Gasteiger charge is -2.12. The number of hydrogen-bond donors (Lipinski definition) is 1. The Bertz CT molecular complexity index is 236. The normalized spacial score (nSPS) is 11.6. The molecule has 1 aromatic rings. The minimum absolute atomic E-state index is 0.00375. The molecular formula is C7H13N3O. The first-order valence-electron chi connectivity index (χ1n) is 3.51. The van der Waals surface area contributed by atoms with Crippen LogP contribution >= 0.6 is 0 Å². The molecule has 0 radical (unpaired) electrons. The van der Waals surface area contributed by atoms with Crippen molar-refractivity contribution in [1.82, 2.24) is 15.2 Å². The zero-order valence-electron chi connectivity index (χ0n) is 7.30. The van der Waals surface area contributed by atoms with Crippen LogP contribution in [0.25, 0.3) is 0 Å². The molecule has 62 valence electrons. The highest BCUT2D eigenvalue weighted by Crippen LogP contribution is 2.18. The molecule has 0 amide bonds. The average molecular weight is 155 g/mol. The van der Waals surface area contributed by atoms with Gasteiger partial charge in [-0.1, -0.05) is 20.8 Å². The van der Waals surface area contributed by atoms with Crippen molar-refractivity contribution in [2.24, 2.45) is 0 Å². The van der Waals surface area contributed by atoms with Crippen molar-refractivity contribution < 1.29 is 4.74 Å². The smallest absolute Gasteiger partial charge is 0.335 e. The molecule has 0 fully saturated rings. The van der Waals surface area contributed by atoms with Crippen LogP contribution in [0.15, 0.2) is 0 Å². The molecule has 0 aliphatic heterocycles. The van der Waals surface area contributed by atoms with E-state index in [1.165, 1.54) is 0 Å². The van der Waals surface area contributed by atoms with Crippen LogP contribution in [0.5, 0.6) is 6.01 Å². The van der Waals surface area contributed by atoms with E-state index in [0.29, 0.717) is 6.01 Å². The number of aromatic nitrogens is 3. The standard InChI is InChI=1S/C7H13N3O/c1-7(2,3)5-8-6(11-4)10-9-5/h1-4H3,(H,8,9,10). The second-order valence-corrected chi connectivity index (χ2v) is 3.42. The fourth-order valence-corrected chi connectivity index (χ4v) is 0.673. The average Bonchev–Trinajstić information content (AvgIpc) is 2.32. The second-order valence-electron chi connectivity index (χ2n) is 3.42. The van der Waals surface area contributed by atoms with Crippen LogP contribution in [0, 0.1) is 0 Å². The lowest BCUT2D eigenvalue weighted by Crippen LogP contribution is -2.13. The van der Waals surface area contributed by atoms with Crippen molar-refractivity contribution in [1.29, 1.82) is 0 Å². The summed E-state index contributed by atoms with van der Waals surface area (Å²) in [5.74, 6) is 0.842. The Morgan fingerprint density at radius 1 is 1.36 bits per heavy atom. The molecule has 0 saturated carbocycles.